The van der Waals surface area contributed by atoms with E-state index in [0.29, 0.717) is 17.1 Å². The van der Waals surface area contributed by atoms with Gasteiger partial charge in [-0.25, -0.2) is 14.4 Å². The van der Waals surface area contributed by atoms with Gasteiger partial charge in [-0.2, -0.15) is 0 Å². The molecule has 1 atom stereocenters. The molecule has 0 N–H and O–H groups in total. The van der Waals surface area contributed by atoms with Crippen LogP contribution in [0.25, 0.3) is 11.0 Å². The number of hydrogen-bond donors (Lipinski definition) is 0. The summed E-state index contributed by atoms with van der Waals surface area (Å²) in [6.07, 6.45) is 5.91. The number of halogens is 3. The van der Waals surface area contributed by atoms with Crippen LogP contribution in [0.1, 0.15) is 24.9 Å². The Balaban J connectivity index is 1.65. The van der Waals surface area contributed by atoms with Crippen molar-refractivity contribution >= 4 is 50.9 Å². The Morgan fingerprint density at radius 2 is 2.08 bits per heavy atom. The lowest BCUT2D eigenvalue weighted by Crippen LogP contribution is -2.10. The van der Waals surface area contributed by atoms with Crippen LogP contribution in [0.5, 0.6) is 0 Å². The molecule has 25 heavy (non-hydrogen) atoms. The zero-order valence-electron chi connectivity index (χ0n) is 13.2. The lowest BCUT2D eigenvalue weighted by Gasteiger charge is -2.16. The Bertz CT molecular complexity index is 1040. The lowest BCUT2D eigenvalue weighted by atomic mass is 10.0. The molecule has 126 valence electrons. The second-order valence-electron chi connectivity index (χ2n) is 5.86. The summed E-state index contributed by atoms with van der Waals surface area (Å²) < 4.78 is 17.1. The molecule has 0 amide bonds. The van der Waals surface area contributed by atoms with Gasteiger partial charge in [-0.05, 0) is 41.2 Å². The zero-order valence-corrected chi connectivity index (χ0v) is 16.2. The van der Waals surface area contributed by atoms with Crippen molar-refractivity contribution in [3.05, 3.63) is 68.7 Å². The first kappa shape index (κ1) is 16.7. The molecule has 2 aromatic heterocycles. The predicted molar refractivity (Wildman–Crippen MR) is 106 cm³/mol. The van der Waals surface area contributed by atoms with Gasteiger partial charge >= 0.3 is 0 Å². The fourth-order valence-electron chi connectivity index (χ4n) is 3.04. The summed E-state index contributed by atoms with van der Waals surface area (Å²) in [4.78, 5) is 12.9. The van der Waals surface area contributed by atoms with Crippen molar-refractivity contribution in [3.63, 3.8) is 0 Å². The van der Waals surface area contributed by atoms with E-state index in [1.165, 1.54) is 12.4 Å². The van der Waals surface area contributed by atoms with Gasteiger partial charge in [-0.15, -0.1) is 0 Å². The Kier molecular flexibility index (Phi) is 4.33. The normalized spacial score (nSPS) is 15.4. The standard InChI is InChI=1S/C18H13ClFIN4/c1-10(25-8-14(21)16-17(19)23-9-24-18(16)25)11-6-15(22-7-11)12-4-2-3-5-13(12)20/h2-5,7-10H,6H2,1H3. The minimum Gasteiger partial charge on any atom is -0.324 e. The SMILES string of the molecule is CC(C1=CN=C(c2ccccc2F)C1)n1cc(I)c2c(Cl)ncnc21. The first-order valence-corrected chi connectivity index (χ1v) is 9.19. The topological polar surface area (TPSA) is 43.1 Å². The van der Waals surface area contributed by atoms with Crippen molar-refractivity contribution in [3.8, 4) is 0 Å². The minimum atomic E-state index is -0.246. The fourth-order valence-corrected chi connectivity index (χ4v) is 4.23. The van der Waals surface area contributed by atoms with E-state index in [0.717, 1.165) is 25.9 Å². The molecule has 4 nitrogen and oxygen atoms in total. The molecule has 4 rings (SSSR count). The molecule has 0 saturated carbocycles. The van der Waals surface area contributed by atoms with Gasteiger partial charge in [0.2, 0.25) is 0 Å². The second-order valence-corrected chi connectivity index (χ2v) is 7.38. The maximum Gasteiger partial charge on any atom is 0.146 e. The Hall–Kier alpha value is -1.80. The van der Waals surface area contributed by atoms with Crippen LogP contribution in [0.15, 0.2) is 53.6 Å². The number of allylic oxidation sites excluding steroid dienone is 1. The Morgan fingerprint density at radius 1 is 1.28 bits per heavy atom. The van der Waals surface area contributed by atoms with Crippen LogP contribution in [0.3, 0.4) is 0 Å². The number of rotatable bonds is 3. The highest BCUT2D eigenvalue weighted by molar-refractivity contribution is 14.1. The Morgan fingerprint density at radius 3 is 2.88 bits per heavy atom. The molecule has 1 aromatic carbocycles. The van der Waals surface area contributed by atoms with Gasteiger partial charge in [0.25, 0.3) is 0 Å². The smallest absolute Gasteiger partial charge is 0.146 e. The molecule has 0 saturated heterocycles. The first-order chi connectivity index (χ1) is 12.1. The monoisotopic (exact) mass is 466 g/mol. The molecule has 1 aliphatic rings. The molecule has 0 fully saturated rings. The van der Waals surface area contributed by atoms with E-state index < -0.39 is 0 Å². The average Bonchev–Trinajstić information content (AvgIpc) is 3.21. The molecular weight excluding hydrogens is 454 g/mol. The average molecular weight is 467 g/mol. The van der Waals surface area contributed by atoms with Crippen molar-refractivity contribution in [2.45, 2.75) is 19.4 Å². The maximum absolute atomic E-state index is 14.0. The van der Waals surface area contributed by atoms with Crippen LogP contribution >= 0.6 is 34.2 Å². The highest BCUT2D eigenvalue weighted by Gasteiger charge is 2.23. The molecule has 3 heterocycles. The van der Waals surface area contributed by atoms with E-state index in [2.05, 4.69) is 49.0 Å². The zero-order chi connectivity index (χ0) is 17.6. The van der Waals surface area contributed by atoms with Gasteiger partial charge < -0.3 is 4.57 Å². The molecule has 0 aliphatic carbocycles. The van der Waals surface area contributed by atoms with Gasteiger partial charge in [-0.3, -0.25) is 4.99 Å². The van der Waals surface area contributed by atoms with Crippen LogP contribution in [0.2, 0.25) is 5.15 Å². The largest absolute Gasteiger partial charge is 0.324 e. The van der Waals surface area contributed by atoms with Crippen LogP contribution in [-0.2, 0) is 0 Å². The second kappa shape index (κ2) is 6.49. The maximum atomic E-state index is 14.0. The van der Waals surface area contributed by atoms with E-state index in [1.54, 1.807) is 12.1 Å². The quantitative estimate of drug-likeness (QED) is 0.395. The van der Waals surface area contributed by atoms with Crippen molar-refractivity contribution in [2.75, 3.05) is 0 Å². The van der Waals surface area contributed by atoms with E-state index in [-0.39, 0.29) is 11.9 Å². The van der Waals surface area contributed by atoms with Crippen molar-refractivity contribution in [1.82, 2.24) is 14.5 Å². The highest BCUT2D eigenvalue weighted by atomic mass is 127. The predicted octanol–water partition coefficient (Wildman–Crippen LogP) is 5.17. The van der Waals surface area contributed by atoms with Gasteiger partial charge in [0.1, 0.15) is 22.9 Å². The number of aliphatic imine (C=N–C) groups is 1. The molecule has 7 heteroatoms. The summed E-state index contributed by atoms with van der Waals surface area (Å²) in [5.74, 6) is -0.246. The van der Waals surface area contributed by atoms with Crippen molar-refractivity contribution in [2.24, 2.45) is 4.99 Å². The lowest BCUT2D eigenvalue weighted by molar-refractivity contribution is 0.623. The summed E-state index contributed by atoms with van der Waals surface area (Å²) in [6.45, 7) is 2.08. The van der Waals surface area contributed by atoms with E-state index in [9.17, 15) is 4.39 Å². The number of aromatic nitrogens is 3. The van der Waals surface area contributed by atoms with Crippen LogP contribution in [0.4, 0.5) is 4.39 Å². The summed E-state index contributed by atoms with van der Waals surface area (Å²) in [5, 5.41) is 1.30. The molecular formula is C18H13ClFIN4. The summed E-state index contributed by atoms with van der Waals surface area (Å²) in [7, 11) is 0. The van der Waals surface area contributed by atoms with Crippen molar-refractivity contribution in [1.29, 1.82) is 0 Å². The first-order valence-electron chi connectivity index (χ1n) is 7.73. The number of nitrogens with zero attached hydrogens (tertiary/aromatic N) is 4. The van der Waals surface area contributed by atoms with Crippen LogP contribution < -0.4 is 0 Å². The van der Waals surface area contributed by atoms with Gasteiger partial charge in [0, 0.05) is 28.0 Å². The number of benzene rings is 1. The summed E-state index contributed by atoms with van der Waals surface area (Å²) in [5.41, 5.74) is 3.19. The van der Waals surface area contributed by atoms with Gasteiger partial charge in [-0.1, -0.05) is 29.8 Å². The highest BCUT2D eigenvalue weighted by Crippen LogP contribution is 2.34. The molecule has 0 bridgehead atoms. The van der Waals surface area contributed by atoms with E-state index >= 15 is 0 Å². The summed E-state index contributed by atoms with van der Waals surface area (Å²) in [6, 6.07) is 6.76. The summed E-state index contributed by atoms with van der Waals surface area (Å²) >= 11 is 8.45. The molecule has 1 aliphatic heterocycles. The van der Waals surface area contributed by atoms with Crippen LogP contribution in [-0.4, -0.2) is 20.2 Å². The minimum absolute atomic E-state index is 0.0324. The third-order valence-corrected chi connectivity index (χ3v) is 5.52. The van der Waals surface area contributed by atoms with Crippen molar-refractivity contribution < 1.29 is 4.39 Å². The van der Waals surface area contributed by atoms with Gasteiger partial charge in [0.05, 0.1) is 17.1 Å². The molecule has 0 radical (unpaired) electrons. The molecule has 3 aromatic rings. The third-order valence-electron chi connectivity index (χ3n) is 4.41. The molecule has 1 unspecified atom stereocenters. The third kappa shape index (κ3) is 2.87. The number of hydrogen-bond acceptors (Lipinski definition) is 3. The van der Waals surface area contributed by atoms with Gasteiger partial charge in [0.15, 0.2) is 0 Å². The van der Waals surface area contributed by atoms with Crippen LogP contribution in [0, 0.1) is 9.39 Å². The Labute approximate surface area is 162 Å². The number of fused-ring (bicyclic) bond motifs is 1. The van der Waals surface area contributed by atoms with E-state index in [4.69, 9.17) is 11.6 Å². The fraction of sp³-hybridized carbons (Fsp3) is 0.167. The molecule has 0 spiro atoms. The van der Waals surface area contributed by atoms with E-state index in [1.807, 2.05) is 18.5 Å².